The molecule has 1 aliphatic rings. The topological polar surface area (TPSA) is 58.2 Å². The number of hydrogen-bond acceptors (Lipinski definition) is 3. The summed E-state index contributed by atoms with van der Waals surface area (Å²) in [5.74, 6) is -0.325. The predicted molar refractivity (Wildman–Crippen MR) is 68.1 cm³/mol. The molecule has 0 spiro atoms. The Labute approximate surface area is 107 Å². The van der Waals surface area contributed by atoms with Gasteiger partial charge in [0.1, 0.15) is 5.82 Å². The second-order valence-corrected chi connectivity index (χ2v) is 6.54. The Morgan fingerprint density at radius 3 is 2.61 bits per heavy atom. The van der Waals surface area contributed by atoms with Crippen LogP contribution in [0.25, 0.3) is 0 Å². The van der Waals surface area contributed by atoms with Crippen molar-refractivity contribution in [2.24, 2.45) is 0 Å². The molecular formula is C12H17FN2O2S. The second kappa shape index (κ2) is 5.34. The Hall–Kier alpha value is -0.980. The highest BCUT2D eigenvalue weighted by atomic mass is 32.2. The van der Waals surface area contributed by atoms with Crippen molar-refractivity contribution in [3.63, 3.8) is 0 Å². The van der Waals surface area contributed by atoms with Gasteiger partial charge >= 0.3 is 0 Å². The normalized spacial score (nSPS) is 22.0. The second-order valence-electron chi connectivity index (χ2n) is 4.55. The largest absolute Gasteiger partial charge is 0.315 e. The van der Waals surface area contributed by atoms with Gasteiger partial charge in [-0.3, -0.25) is 0 Å². The van der Waals surface area contributed by atoms with E-state index in [9.17, 15) is 12.8 Å². The molecule has 1 aromatic rings. The van der Waals surface area contributed by atoms with E-state index in [1.54, 1.807) is 19.1 Å². The van der Waals surface area contributed by atoms with Gasteiger partial charge in [-0.25, -0.2) is 17.5 Å². The monoisotopic (exact) mass is 272 g/mol. The number of benzene rings is 1. The maximum absolute atomic E-state index is 12.8. The third-order valence-electron chi connectivity index (χ3n) is 3.16. The van der Waals surface area contributed by atoms with E-state index in [-0.39, 0.29) is 17.1 Å². The van der Waals surface area contributed by atoms with Crippen molar-refractivity contribution in [2.45, 2.75) is 24.6 Å². The van der Waals surface area contributed by atoms with Gasteiger partial charge < -0.3 is 5.32 Å². The van der Waals surface area contributed by atoms with Crippen LogP contribution in [0, 0.1) is 5.82 Å². The van der Waals surface area contributed by atoms with E-state index in [4.69, 9.17) is 0 Å². The van der Waals surface area contributed by atoms with Crippen LogP contribution in [0.1, 0.15) is 24.9 Å². The van der Waals surface area contributed by atoms with Crippen LogP contribution < -0.4 is 10.0 Å². The van der Waals surface area contributed by atoms with Crippen molar-refractivity contribution in [1.82, 2.24) is 10.0 Å². The van der Waals surface area contributed by atoms with Crippen LogP contribution in [0.4, 0.5) is 4.39 Å². The molecule has 1 aromatic carbocycles. The molecule has 18 heavy (non-hydrogen) atoms. The maximum atomic E-state index is 12.8. The lowest BCUT2D eigenvalue weighted by Gasteiger charge is -2.17. The van der Waals surface area contributed by atoms with Gasteiger partial charge in [-0.2, -0.15) is 0 Å². The minimum atomic E-state index is -3.32. The van der Waals surface area contributed by atoms with Crippen LogP contribution in [-0.4, -0.2) is 26.8 Å². The number of nitrogens with one attached hydrogen (secondary N) is 2. The van der Waals surface area contributed by atoms with Gasteiger partial charge in [0.15, 0.2) is 0 Å². The Balaban J connectivity index is 2.06. The van der Waals surface area contributed by atoms with Crippen LogP contribution in [0.15, 0.2) is 24.3 Å². The van der Waals surface area contributed by atoms with E-state index in [1.807, 2.05) is 0 Å². The first-order chi connectivity index (χ1) is 8.49. The number of hydrogen-bond donors (Lipinski definition) is 2. The molecule has 6 heteroatoms. The predicted octanol–water partition coefficient (Wildman–Crippen LogP) is 1.17. The molecule has 2 atom stereocenters. The molecular weight excluding hydrogens is 255 g/mol. The summed E-state index contributed by atoms with van der Waals surface area (Å²) in [6.45, 7) is 2.98. The lowest BCUT2D eigenvalue weighted by molar-refractivity contribution is 0.553. The summed E-state index contributed by atoms with van der Waals surface area (Å²) >= 11 is 0. The number of sulfonamides is 1. The van der Waals surface area contributed by atoms with Crippen LogP contribution in [0.3, 0.4) is 0 Å². The van der Waals surface area contributed by atoms with Gasteiger partial charge in [-0.15, -0.1) is 0 Å². The molecule has 100 valence electrons. The molecule has 0 aliphatic carbocycles. The first-order valence-electron chi connectivity index (χ1n) is 5.96. The van der Waals surface area contributed by atoms with E-state index in [1.165, 1.54) is 12.1 Å². The average Bonchev–Trinajstić information content (AvgIpc) is 2.83. The third kappa shape index (κ3) is 3.07. The molecule has 0 saturated carbocycles. The summed E-state index contributed by atoms with van der Waals surface area (Å²) in [6.07, 6.45) is 0.630. The minimum Gasteiger partial charge on any atom is -0.315 e. The molecule has 0 aromatic heterocycles. The molecule has 0 bridgehead atoms. The molecule has 0 radical (unpaired) electrons. The highest BCUT2D eigenvalue weighted by Gasteiger charge is 2.29. The van der Waals surface area contributed by atoms with Crippen molar-refractivity contribution in [1.29, 1.82) is 0 Å². The first kappa shape index (κ1) is 13.5. The van der Waals surface area contributed by atoms with Gasteiger partial charge in [-0.1, -0.05) is 12.1 Å². The van der Waals surface area contributed by atoms with Gasteiger partial charge in [-0.05, 0) is 37.6 Å². The Morgan fingerprint density at radius 1 is 1.39 bits per heavy atom. The van der Waals surface area contributed by atoms with E-state index in [0.717, 1.165) is 12.1 Å². The summed E-state index contributed by atoms with van der Waals surface area (Å²) in [5.41, 5.74) is 0.755. The summed E-state index contributed by atoms with van der Waals surface area (Å²) in [6, 6.07) is 5.50. The summed E-state index contributed by atoms with van der Waals surface area (Å²) in [7, 11) is -3.32. The number of halogens is 1. The summed E-state index contributed by atoms with van der Waals surface area (Å²) in [5, 5.41) is 2.66. The van der Waals surface area contributed by atoms with Gasteiger partial charge in [0.05, 0.1) is 5.25 Å². The van der Waals surface area contributed by atoms with Crippen molar-refractivity contribution in [3.05, 3.63) is 35.6 Å². The van der Waals surface area contributed by atoms with Crippen LogP contribution in [0.2, 0.25) is 0 Å². The zero-order valence-corrected chi connectivity index (χ0v) is 11.0. The van der Waals surface area contributed by atoms with Crippen LogP contribution in [-0.2, 0) is 10.0 Å². The zero-order valence-electron chi connectivity index (χ0n) is 10.2. The Morgan fingerprint density at radius 2 is 2.06 bits per heavy atom. The van der Waals surface area contributed by atoms with Crippen molar-refractivity contribution in [2.75, 3.05) is 13.1 Å². The van der Waals surface area contributed by atoms with Crippen LogP contribution in [0.5, 0.6) is 0 Å². The van der Waals surface area contributed by atoms with Gasteiger partial charge in [0.2, 0.25) is 10.0 Å². The third-order valence-corrected chi connectivity index (χ3v) is 5.13. The van der Waals surface area contributed by atoms with Crippen molar-refractivity contribution >= 4 is 10.0 Å². The summed E-state index contributed by atoms with van der Waals surface area (Å²) < 4.78 is 39.5. The van der Waals surface area contributed by atoms with Crippen molar-refractivity contribution < 1.29 is 12.8 Å². The highest BCUT2D eigenvalue weighted by molar-refractivity contribution is 7.90. The number of rotatable bonds is 4. The first-order valence-corrected chi connectivity index (χ1v) is 7.51. The van der Waals surface area contributed by atoms with E-state index >= 15 is 0 Å². The lowest BCUT2D eigenvalue weighted by Crippen LogP contribution is -2.37. The molecule has 2 unspecified atom stereocenters. The Kier molecular flexibility index (Phi) is 3.99. The fraction of sp³-hybridized carbons (Fsp3) is 0.500. The lowest BCUT2D eigenvalue weighted by atomic mass is 10.1. The molecule has 2 rings (SSSR count). The zero-order chi connectivity index (χ0) is 13.2. The maximum Gasteiger partial charge on any atom is 0.216 e. The smallest absolute Gasteiger partial charge is 0.216 e. The van der Waals surface area contributed by atoms with Gasteiger partial charge in [0.25, 0.3) is 0 Å². The quantitative estimate of drug-likeness (QED) is 0.865. The van der Waals surface area contributed by atoms with E-state index in [0.29, 0.717) is 13.0 Å². The molecule has 0 amide bonds. The van der Waals surface area contributed by atoms with E-state index < -0.39 is 10.0 Å². The molecule has 1 aliphatic heterocycles. The van der Waals surface area contributed by atoms with Crippen LogP contribution >= 0.6 is 0 Å². The molecule has 1 fully saturated rings. The SMILES string of the molecule is CC(NS(=O)(=O)C1CCNC1)c1ccc(F)cc1. The molecule has 1 heterocycles. The molecule has 4 nitrogen and oxygen atoms in total. The molecule has 2 N–H and O–H groups in total. The van der Waals surface area contributed by atoms with E-state index in [2.05, 4.69) is 10.0 Å². The highest BCUT2D eigenvalue weighted by Crippen LogP contribution is 2.17. The fourth-order valence-corrected chi connectivity index (χ4v) is 3.64. The standard InChI is InChI=1S/C12H17FN2O2S/c1-9(10-2-4-11(13)5-3-10)15-18(16,17)12-6-7-14-8-12/h2-5,9,12,14-15H,6-8H2,1H3. The fourth-order valence-electron chi connectivity index (χ4n) is 2.06. The summed E-state index contributed by atoms with van der Waals surface area (Å²) in [4.78, 5) is 0. The molecule has 1 saturated heterocycles. The average molecular weight is 272 g/mol. The van der Waals surface area contributed by atoms with Gasteiger partial charge in [0, 0.05) is 12.6 Å². The van der Waals surface area contributed by atoms with Crippen molar-refractivity contribution in [3.8, 4) is 0 Å². The Bertz CT molecular complexity index is 495. The minimum absolute atomic E-state index is 0.325.